The molecule has 1 aromatic carbocycles. The molecule has 0 N–H and O–H groups in total. The second-order valence-corrected chi connectivity index (χ2v) is 5.23. The summed E-state index contributed by atoms with van der Waals surface area (Å²) in [4.78, 5) is 4.05. The standard InChI is InChI=1S/C15H19N3O2/c1-12(2)20-15(13-6-4-3-5-7-13)14(8-9-19-15)18-11-16-10-17-18/h3-7,10-12,14H,8-9H2,1-2H3. The first-order valence-electron chi connectivity index (χ1n) is 6.94. The maximum atomic E-state index is 6.21. The molecule has 2 heterocycles. The van der Waals surface area contributed by atoms with Crippen LogP contribution >= 0.6 is 0 Å². The van der Waals surface area contributed by atoms with Crippen LogP contribution in [0.1, 0.15) is 31.9 Å². The normalized spacial score (nSPS) is 26.2. The van der Waals surface area contributed by atoms with E-state index in [1.54, 1.807) is 12.7 Å². The second-order valence-electron chi connectivity index (χ2n) is 5.23. The van der Waals surface area contributed by atoms with E-state index in [1.807, 2.05) is 48.9 Å². The Morgan fingerprint density at radius 2 is 2.15 bits per heavy atom. The van der Waals surface area contributed by atoms with Crippen LogP contribution in [-0.4, -0.2) is 27.5 Å². The lowest BCUT2D eigenvalue weighted by Gasteiger charge is -2.36. The Morgan fingerprint density at radius 3 is 2.80 bits per heavy atom. The van der Waals surface area contributed by atoms with Crippen molar-refractivity contribution >= 4 is 0 Å². The molecule has 1 aliphatic rings. The predicted molar refractivity (Wildman–Crippen MR) is 74.0 cm³/mol. The first-order chi connectivity index (χ1) is 9.72. The lowest BCUT2D eigenvalue weighted by molar-refractivity contribution is -0.255. The quantitative estimate of drug-likeness (QED) is 0.859. The number of aromatic nitrogens is 3. The van der Waals surface area contributed by atoms with Crippen molar-refractivity contribution in [3.05, 3.63) is 48.5 Å². The van der Waals surface area contributed by atoms with Crippen LogP contribution in [0.4, 0.5) is 0 Å². The van der Waals surface area contributed by atoms with Gasteiger partial charge in [-0.15, -0.1) is 0 Å². The summed E-state index contributed by atoms with van der Waals surface area (Å²) in [7, 11) is 0. The number of rotatable bonds is 4. The van der Waals surface area contributed by atoms with E-state index in [-0.39, 0.29) is 12.1 Å². The van der Waals surface area contributed by atoms with Crippen LogP contribution in [0.5, 0.6) is 0 Å². The molecule has 0 amide bonds. The Balaban J connectivity index is 2.05. The highest BCUT2D eigenvalue weighted by atomic mass is 16.7. The van der Waals surface area contributed by atoms with Crippen molar-refractivity contribution in [1.82, 2.24) is 14.8 Å². The van der Waals surface area contributed by atoms with Crippen LogP contribution in [0, 0.1) is 0 Å². The summed E-state index contributed by atoms with van der Waals surface area (Å²) in [6.45, 7) is 4.68. The van der Waals surface area contributed by atoms with E-state index in [0.717, 1.165) is 12.0 Å². The molecular weight excluding hydrogens is 254 g/mol. The third-order valence-electron chi connectivity index (χ3n) is 3.49. The summed E-state index contributed by atoms with van der Waals surface area (Å²) in [5, 5.41) is 4.27. The minimum Gasteiger partial charge on any atom is -0.344 e. The van der Waals surface area contributed by atoms with Gasteiger partial charge in [0.25, 0.3) is 0 Å². The van der Waals surface area contributed by atoms with Gasteiger partial charge in [-0.3, -0.25) is 0 Å². The first kappa shape index (κ1) is 13.3. The fourth-order valence-electron chi connectivity index (χ4n) is 2.77. The Kier molecular flexibility index (Phi) is 3.54. The van der Waals surface area contributed by atoms with E-state index in [9.17, 15) is 0 Å². The Hall–Kier alpha value is -1.72. The topological polar surface area (TPSA) is 49.2 Å². The van der Waals surface area contributed by atoms with Crippen molar-refractivity contribution < 1.29 is 9.47 Å². The molecule has 1 aliphatic heterocycles. The second kappa shape index (κ2) is 5.34. The number of hydrogen-bond acceptors (Lipinski definition) is 4. The smallest absolute Gasteiger partial charge is 0.218 e. The summed E-state index contributed by atoms with van der Waals surface area (Å²) in [5.41, 5.74) is 1.02. The number of ether oxygens (including phenoxy) is 2. The minimum absolute atomic E-state index is 0.00481. The van der Waals surface area contributed by atoms with Gasteiger partial charge in [0.05, 0.1) is 12.7 Å². The summed E-state index contributed by atoms with van der Waals surface area (Å²) in [5.74, 6) is -0.789. The van der Waals surface area contributed by atoms with Crippen LogP contribution in [0.15, 0.2) is 43.0 Å². The third kappa shape index (κ3) is 2.23. The van der Waals surface area contributed by atoms with Gasteiger partial charge in [0.1, 0.15) is 18.7 Å². The van der Waals surface area contributed by atoms with E-state index in [4.69, 9.17) is 9.47 Å². The minimum atomic E-state index is -0.789. The molecule has 2 unspecified atom stereocenters. The molecule has 0 saturated carbocycles. The van der Waals surface area contributed by atoms with E-state index in [1.165, 1.54) is 0 Å². The first-order valence-corrected chi connectivity index (χ1v) is 6.94. The summed E-state index contributed by atoms with van der Waals surface area (Å²) >= 11 is 0. The summed E-state index contributed by atoms with van der Waals surface area (Å²) < 4.78 is 14.1. The number of hydrogen-bond donors (Lipinski definition) is 0. The van der Waals surface area contributed by atoms with Gasteiger partial charge >= 0.3 is 0 Å². The molecule has 106 valence electrons. The molecule has 2 atom stereocenters. The Labute approximate surface area is 118 Å². The number of benzene rings is 1. The molecule has 0 bridgehead atoms. The fraction of sp³-hybridized carbons (Fsp3) is 0.467. The largest absolute Gasteiger partial charge is 0.344 e. The van der Waals surface area contributed by atoms with Gasteiger partial charge in [-0.1, -0.05) is 30.3 Å². The Morgan fingerprint density at radius 1 is 1.35 bits per heavy atom. The van der Waals surface area contributed by atoms with Crippen molar-refractivity contribution in [1.29, 1.82) is 0 Å². The monoisotopic (exact) mass is 273 g/mol. The van der Waals surface area contributed by atoms with Crippen LogP contribution in [0.25, 0.3) is 0 Å². The highest BCUT2D eigenvalue weighted by Crippen LogP contribution is 2.45. The molecule has 0 aliphatic carbocycles. The van der Waals surface area contributed by atoms with Gasteiger partial charge in [-0.25, -0.2) is 9.67 Å². The van der Waals surface area contributed by atoms with Crippen molar-refractivity contribution in [2.24, 2.45) is 0 Å². The molecule has 0 radical (unpaired) electrons. The van der Waals surface area contributed by atoms with E-state index >= 15 is 0 Å². The number of nitrogens with zero attached hydrogens (tertiary/aromatic N) is 3. The average molecular weight is 273 g/mol. The molecule has 0 spiro atoms. The van der Waals surface area contributed by atoms with Crippen LogP contribution in [-0.2, 0) is 15.3 Å². The zero-order chi connectivity index (χ0) is 14.0. The molecule has 1 fully saturated rings. The maximum absolute atomic E-state index is 6.21. The molecule has 1 aromatic heterocycles. The fourth-order valence-corrected chi connectivity index (χ4v) is 2.77. The average Bonchev–Trinajstić information content (AvgIpc) is 3.08. The lowest BCUT2D eigenvalue weighted by atomic mass is 9.97. The van der Waals surface area contributed by atoms with Gasteiger partial charge in [-0.05, 0) is 20.3 Å². The van der Waals surface area contributed by atoms with Crippen LogP contribution < -0.4 is 0 Å². The van der Waals surface area contributed by atoms with Crippen LogP contribution in [0.3, 0.4) is 0 Å². The van der Waals surface area contributed by atoms with Gasteiger partial charge in [0.2, 0.25) is 5.79 Å². The maximum Gasteiger partial charge on any atom is 0.218 e. The van der Waals surface area contributed by atoms with Crippen molar-refractivity contribution in [2.75, 3.05) is 6.61 Å². The highest BCUT2D eigenvalue weighted by molar-refractivity contribution is 5.23. The van der Waals surface area contributed by atoms with Crippen LogP contribution in [0.2, 0.25) is 0 Å². The molecule has 3 rings (SSSR count). The van der Waals surface area contributed by atoms with Gasteiger partial charge in [-0.2, -0.15) is 5.10 Å². The van der Waals surface area contributed by atoms with Gasteiger partial charge in [0.15, 0.2) is 0 Å². The zero-order valence-electron chi connectivity index (χ0n) is 11.8. The molecular formula is C15H19N3O2. The zero-order valence-corrected chi connectivity index (χ0v) is 11.8. The highest BCUT2D eigenvalue weighted by Gasteiger charge is 2.49. The van der Waals surface area contributed by atoms with E-state index in [0.29, 0.717) is 6.61 Å². The Bertz CT molecular complexity index is 542. The lowest BCUT2D eigenvalue weighted by Crippen LogP contribution is -2.39. The van der Waals surface area contributed by atoms with Crippen molar-refractivity contribution in [2.45, 2.75) is 38.2 Å². The molecule has 20 heavy (non-hydrogen) atoms. The molecule has 2 aromatic rings. The SMILES string of the molecule is CC(C)OC1(c2ccccc2)OCCC1n1cncn1. The third-order valence-corrected chi connectivity index (χ3v) is 3.49. The van der Waals surface area contributed by atoms with Crippen molar-refractivity contribution in [3.8, 4) is 0 Å². The van der Waals surface area contributed by atoms with E-state index < -0.39 is 5.79 Å². The van der Waals surface area contributed by atoms with Gasteiger partial charge in [0, 0.05) is 5.56 Å². The summed E-state index contributed by atoms with van der Waals surface area (Å²) in [6.07, 6.45) is 4.18. The van der Waals surface area contributed by atoms with E-state index in [2.05, 4.69) is 10.1 Å². The molecule has 5 nitrogen and oxygen atoms in total. The molecule has 1 saturated heterocycles. The molecule has 5 heteroatoms. The predicted octanol–water partition coefficient (Wildman–Crippen LogP) is 2.52. The summed E-state index contributed by atoms with van der Waals surface area (Å²) in [6, 6.07) is 10.1. The van der Waals surface area contributed by atoms with Gasteiger partial charge < -0.3 is 9.47 Å². The van der Waals surface area contributed by atoms with Crippen molar-refractivity contribution in [3.63, 3.8) is 0 Å².